The van der Waals surface area contributed by atoms with Crippen LogP contribution in [-0.2, 0) is 49.3 Å². The van der Waals surface area contributed by atoms with Gasteiger partial charge in [0.2, 0.25) is 0 Å². The van der Waals surface area contributed by atoms with Crippen molar-refractivity contribution in [1.29, 1.82) is 0 Å². The van der Waals surface area contributed by atoms with Crippen LogP contribution in [0.2, 0.25) is 20.1 Å². The summed E-state index contributed by atoms with van der Waals surface area (Å²) in [6.07, 6.45) is 13.2. The van der Waals surface area contributed by atoms with Crippen LogP contribution in [0.4, 0.5) is 31.9 Å². The number of nitrogens with zero attached hydrogens (tertiary/aromatic N) is 4. The van der Waals surface area contributed by atoms with Crippen molar-refractivity contribution in [2.24, 2.45) is 23.7 Å². The summed E-state index contributed by atoms with van der Waals surface area (Å²) in [6, 6.07) is 20.1. The van der Waals surface area contributed by atoms with Gasteiger partial charge in [0, 0.05) is 123 Å². The van der Waals surface area contributed by atoms with Crippen molar-refractivity contribution in [1.82, 2.24) is 25.1 Å². The number of piperidine rings is 4. The number of Topliss-reactive ketones (excluding diaryl/α,β-unsaturated/α-hetero) is 1. The van der Waals surface area contributed by atoms with Crippen LogP contribution in [-0.4, -0.2) is 207 Å². The number of ether oxygens (including phenoxy) is 6. The van der Waals surface area contributed by atoms with Crippen LogP contribution in [0.5, 0.6) is 0 Å². The first kappa shape index (κ1) is 116. The molecule has 31 heteroatoms. The molecule has 0 radical (unpaired) electrons. The van der Waals surface area contributed by atoms with Crippen molar-refractivity contribution < 1.29 is 116 Å². The SMILES string of the molecule is CC(C)(C)OC(=O)N1CCC[C@@H](C(=O)c2cccc(Cl)c2F)C1.COCCCC[C@@](O)(c1cccc(Cl)c1F)[C@@H]1CCCN(C(=O)OC(C)(C)C)C1.COCCCC[C@@](O)(c1cccc(Cl)c1F)[C@@H]1CCCNC1.CON(C)C(=O)[C@@H]1CCCN(C(=O)OC(C)(C)C)C1.Fc1ccccc1Cl.S.[CH2-]CCC.[CH2-]CCCOC.[Cl-].[Li+].[Mg+2]. The molecule has 0 aliphatic carbocycles. The second-order valence-electron chi connectivity index (χ2n) is 30.7. The zero-order valence-corrected chi connectivity index (χ0v) is 77.1. The number of unbranched alkanes of at least 4 members (excludes halogenated alkanes) is 4. The van der Waals surface area contributed by atoms with Gasteiger partial charge < -0.3 is 84.9 Å². The first-order valence-electron chi connectivity index (χ1n) is 38.5. The van der Waals surface area contributed by atoms with Gasteiger partial charge in [0.15, 0.2) is 11.6 Å². The molecule has 19 nitrogen and oxygen atoms in total. The minimum absolute atomic E-state index is 0. The van der Waals surface area contributed by atoms with Gasteiger partial charge in [-0.15, -0.1) is 0 Å². The standard InChI is InChI=1S/C22H33ClFNO4.C17H21ClFNO3.C17H25ClFNO2.C13H24N2O4.C6H4ClF.C5H11O.C4H9.ClH.Li.Mg.H2S/c1-21(2,3)29-20(26)25-13-8-9-16(15-25)22(27,12-5-6-14-28-4)17-10-7-11-18(23)19(17)24;1-17(2,3)23-16(22)20-9-5-6-11(10-20)15(21)12-7-4-8-13(18)14(12)19;1-22-11-3-2-9-17(21,13-6-5-10-20-12-13)14-7-4-8-15(18)16(14)19;1-13(2,3)19-12(17)15-8-6-7-10(9-15)11(16)14(4)18-5;7-5-3-1-2-4-6(5)8;1-3-4-5-6-2;1-3-4-2;;;;/h7,10-11,16,27H,5-6,8-9,12-15H2,1-4H3;4,7-8,11H,5-6,9-10H2,1-3H3;4,7-8,13,20-21H,2-3,5-6,9-12H2,1H3;10H,6-9H2,1-5H3;1-4H;1,3-5H2,2H3;1,3-4H2,2H3;1H;;;1H2/q;;;;;2*-1;;+1;+2;/p-1/t16-,22+;11-;13-,17+;10-;;;;;;;/m1111......./s1. The smallest absolute Gasteiger partial charge is 1.00 e. The zero-order chi connectivity index (χ0) is 83.7. The van der Waals surface area contributed by atoms with E-state index in [0.29, 0.717) is 103 Å². The fourth-order valence-electron chi connectivity index (χ4n) is 12.5. The molecule has 6 atom stereocenters. The van der Waals surface area contributed by atoms with E-state index in [1.807, 2.05) is 41.5 Å². The number of carbonyl (C=O) groups excluding carboxylic acids is 5. The van der Waals surface area contributed by atoms with Gasteiger partial charge in [-0.2, -0.15) is 26.3 Å². The molecule has 0 spiro atoms. The van der Waals surface area contributed by atoms with Crippen LogP contribution < -0.4 is 36.6 Å². The molecule has 0 aromatic heterocycles. The Morgan fingerprint density at radius 1 is 0.530 bits per heavy atom. The Hall–Kier alpha value is -3.57. The van der Waals surface area contributed by atoms with Gasteiger partial charge in [-0.3, -0.25) is 14.4 Å². The van der Waals surface area contributed by atoms with Crippen LogP contribution in [0.3, 0.4) is 0 Å². The third kappa shape index (κ3) is 42.7. The van der Waals surface area contributed by atoms with Gasteiger partial charge >= 0.3 is 60.2 Å². The molecule has 4 fully saturated rings. The number of amides is 4. The third-order valence-corrected chi connectivity index (χ3v) is 19.5. The fraction of sp³-hybridized carbons (Fsp3) is 0.631. The van der Waals surface area contributed by atoms with Crippen LogP contribution in [0, 0.1) is 60.8 Å². The summed E-state index contributed by atoms with van der Waals surface area (Å²) in [6.45, 7) is 32.1. The van der Waals surface area contributed by atoms with Crippen molar-refractivity contribution in [2.75, 3.05) is 108 Å². The predicted octanol–water partition coefficient (Wildman–Crippen LogP) is 13.7. The molecule has 0 saturated carbocycles. The Morgan fingerprint density at radius 2 is 0.913 bits per heavy atom. The molecule has 4 aliphatic rings. The van der Waals surface area contributed by atoms with Crippen LogP contribution in [0.25, 0.3) is 0 Å². The molecular formula is C84H129Cl5F4LiMgN5O14S. The van der Waals surface area contributed by atoms with E-state index in [2.05, 4.69) is 26.1 Å². The van der Waals surface area contributed by atoms with Crippen LogP contribution >= 0.6 is 59.9 Å². The molecule has 4 heterocycles. The number of likely N-dealkylation sites (tertiary alicyclic amines) is 3. The van der Waals surface area contributed by atoms with E-state index >= 15 is 0 Å². The van der Waals surface area contributed by atoms with E-state index < -0.39 is 63.6 Å². The van der Waals surface area contributed by atoms with E-state index in [1.165, 1.54) is 59.9 Å². The second-order valence-corrected chi connectivity index (χ2v) is 32.4. The zero-order valence-electron chi connectivity index (χ0n) is 70.9. The first-order chi connectivity index (χ1) is 52.2. The Labute approximate surface area is 745 Å². The van der Waals surface area contributed by atoms with Crippen molar-refractivity contribution >= 4 is 113 Å². The number of halogens is 9. The van der Waals surface area contributed by atoms with Gasteiger partial charge in [0.1, 0.15) is 34.3 Å². The maximum Gasteiger partial charge on any atom is 2.00 e. The molecular weight excluding hydrogens is 1620 g/mol. The quantitative estimate of drug-likeness (QED) is 0.0127. The Morgan fingerprint density at radius 3 is 1.30 bits per heavy atom. The molecule has 4 aromatic rings. The summed E-state index contributed by atoms with van der Waals surface area (Å²) < 4.78 is 86.6. The van der Waals surface area contributed by atoms with E-state index in [4.69, 9.17) is 79.7 Å². The van der Waals surface area contributed by atoms with Crippen molar-refractivity contribution in [3.63, 3.8) is 0 Å². The molecule has 646 valence electrons. The Bertz CT molecular complexity index is 3380. The number of carbonyl (C=O) groups is 5. The Kier molecular flexibility index (Phi) is 60.3. The molecule has 0 bridgehead atoms. The molecule has 4 saturated heterocycles. The number of hydrogen-bond acceptors (Lipinski definition) is 15. The van der Waals surface area contributed by atoms with E-state index in [0.717, 1.165) is 77.4 Å². The molecule has 3 N–H and O–H groups in total. The number of ketones is 1. The second kappa shape index (κ2) is 60.0. The van der Waals surface area contributed by atoms with Crippen molar-refractivity contribution in [2.45, 2.75) is 213 Å². The van der Waals surface area contributed by atoms with Gasteiger partial charge in [0.05, 0.1) is 49.9 Å². The third-order valence-electron chi connectivity index (χ3n) is 18.3. The number of aliphatic hydroxyl groups is 2. The number of methoxy groups -OCH3 is 3. The van der Waals surface area contributed by atoms with E-state index in [9.17, 15) is 51.7 Å². The van der Waals surface area contributed by atoms with Crippen LogP contribution in [0.1, 0.15) is 206 Å². The summed E-state index contributed by atoms with van der Waals surface area (Å²) in [5.41, 5.74) is -3.82. The number of nitrogens with one attached hydrogen (secondary N) is 1. The molecule has 4 amide bonds. The largest absolute Gasteiger partial charge is 2.00 e. The normalized spacial score (nSPS) is 17.5. The number of rotatable bonds is 22. The molecule has 0 unspecified atom stereocenters. The van der Waals surface area contributed by atoms with E-state index in [1.54, 1.807) is 101 Å². The van der Waals surface area contributed by atoms with Crippen molar-refractivity contribution in [3.05, 3.63) is 153 Å². The number of hydrogen-bond donors (Lipinski definition) is 3. The minimum atomic E-state index is -1.43. The summed E-state index contributed by atoms with van der Waals surface area (Å²) in [7, 11) is 8.02. The van der Waals surface area contributed by atoms with E-state index in [-0.39, 0.29) is 147 Å². The summed E-state index contributed by atoms with van der Waals surface area (Å²) in [5.74, 6) is -3.56. The number of hydroxylamine groups is 2. The molecule has 4 aromatic carbocycles. The monoisotopic (exact) mass is 1750 g/mol. The minimum Gasteiger partial charge on any atom is -1.00 e. The van der Waals surface area contributed by atoms with Gasteiger partial charge in [-0.05, 0) is 195 Å². The Balaban J connectivity index is -0.00000135. The summed E-state index contributed by atoms with van der Waals surface area (Å²) in [5, 5.41) is 27.7. The topological polar surface area (TPSA) is 215 Å². The summed E-state index contributed by atoms with van der Waals surface area (Å²) in [4.78, 5) is 70.8. The molecule has 115 heavy (non-hydrogen) atoms. The molecule has 8 rings (SSSR count). The molecule has 4 aliphatic heterocycles. The van der Waals surface area contributed by atoms with Crippen LogP contribution in [0.15, 0.2) is 78.9 Å². The first-order valence-corrected chi connectivity index (χ1v) is 40.0. The number of benzene rings is 4. The average molecular weight is 1750 g/mol. The summed E-state index contributed by atoms with van der Waals surface area (Å²) >= 11 is 23.0. The van der Waals surface area contributed by atoms with Gasteiger partial charge in [-0.25, -0.2) is 37.0 Å². The van der Waals surface area contributed by atoms with Gasteiger partial charge in [0.25, 0.3) is 5.91 Å². The maximum atomic E-state index is 14.9. The predicted molar refractivity (Wildman–Crippen MR) is 449 cm³/mol. The maximum absolute atomic E-state index is 14.9. The fourth-order valence-corrected chi connectivity index (χ4v) is 13.2. The van der Waals surface area contributed by atoms with Crippen molar-refractivity contribution in [3.8, 4) is 0 Å². The average Bonchev–Trinajstić information content (AvgIpc) is 0.777. The van der Waals surface area contributed by atoms with Gasteiger partial charge in [-0.1, -0.05) is 109 Å².